The van der Waals surface area contributed by atoms with Crippen LogP contribution in [-0.4, -0.2) is 45.9 Å². The lowest BCUT2D eigenvalue weighted by Crippen LogP contribution is -2.62. The molecule has 0 bridgehead atoms. The molecule has 1 saturated heterocycles. The predicted molar refractivity (Wildman–Crippen MR) is 102 cm³/mol. The highest BCUT2D eigenvalue weighted by Crippen LogP contribution is 2.51. The summed E-state index contributed by atoms with van der Waals surface area (Å²) in [6.07, 6.45) is 5.57. The Balaban J connectivity index is 1.32. The maximum Gasteiger partial charge on any atom is 0.229 e. The molecule has 3 aromatic rings. The summed E-state index contributed by atoms with van der Waals surface area (Å²) < 4.78 is 0. The Morgan fingerprint density at radius 1 is 1.31 bits per heavy atom. The van der Waals surface area contributed by atoms with E-state index in [1.54, 1.807) is 17.5 Å². The Kier molecular flexibility index (Phi) is 3.55. The third kappa shape index (κ3) is 2.68. The molecule has 6 nitrogen and oxygen atoms in total. The van der Waals surface area contributed by atoms with Gasteiger partial charge < -0.3 is 4.90 Å². The average Bonchev–Trinajstić information content (AvgIpc) is 3.10. The Morgan fingerprint density at radius 3 is 2.88 bits per heavy atom. The van der Waals surface area contributed by atoms with Crippen molar-refractivity contribution in [3.8, 4) is 10.4 Å². The molecule has 1 saturated carbocycles. The molecule has 1 aliphatic carbocycles. The summed E-state index contributed by atoms with van der Waals surface area (Å²) in [7, 11) is 2.13. The Labute approximate surface area is 155 Å². The van der Waals surface area contributed by atoms with E-state index in [1.165, 1.54) is 0 Å². The lowest BCUT2D eigenvalue weighted by Gasteiger charge is -2.57. The van der Waals surface area contributed by atoms with Crippen molar-refractivity contribution >= 4 is 34.1 Å². The van der Waals surface area contributed by atoms with Crippen molar-refractivity contribution in [1.82, 2.24) is 19.9 Å². The number of nitrogens with one attached hydrogen (secondary N) is 1. The van der Waals surface area contributed by atoms with Crippen LogP contribution >= 0.6 is 11.3 Å². The van der Waals surface area contributed by atoms with Crippen molar-refractivity contribution < 1.29 is 4.79 Å². The molecule has 1 amide bonds. The molecule has 1 N–H and O–H groups in total. The van der Waals surface area contributed by atoms with Gasteiger partial charge in [0.2, 0.25) is 11.9 Å². The molecule has 3 heterocycles. The van der Waals surface area contributed by atoms with Crippen LogP contribution in [0, 0.1) is 11.3 Å². The third-order valence-corrected chi connectivity index (χ3v) is 6.30. The number of carbonyl (C=O) groups is 1. The van der Waals surface area contributed by atoms with E-state index in [-0.39, 0.29) is 11.8 Å². The highest BCUT2D eigenvalue weighted by Gasteiger charge is 2.53. The Hall–Kier alpha value is -2.38. The lowest BCUT2D eigenvalue weighted by atomic mass is 9.57. The first-order valence-corrected chi connectivity index (χ1v) is 9.63. The summed E-state index contributed by atoms with van der Waals surface area (Å²) >= 11 is 1.59. The number of hydrogen-bond donors (Lipinski definition) is 1. The number of rotatable bonds is 3. The van der Waals surface area contributed by atoms with Gasteiger partial charge in [0.25, 0.3) is 0 Å². The molecule has 0 radical (unpaired) electrons. The van der Waals surface area contributed by atoms with E-state index in [9.17, 15) is 4.79 Å². The Bertz CT molecular complexity index is 973. The summed E-state index contributed by atoms with van der Waals surface area (Å²) in [5.74, 6) is 0.519. The fraction of sp³-hybridized carbons (Fsp3) is 0.368. The smallest absolute Gasteiger partial charge is 0.229 e. The van der Waals surface area contributed by atoms with E-state index in [1.807, 2.05) is 29.9 Å². The summed E-state index contributed by atoms with van der Waals surface area (Å²) in [4.78, 5) is 28.9. The number of hydrogen-bond acceptors (Lipinski definition) is 6. The summed E-state index contributed by atoms with van der Waals surface area (Å²) in [5, 5.41) is 3.86. The molecule has 2 aliphatic rings. The summed E-state index contributed by atoms with van der Waals surface area (Å²) in [6, 6.07) is 6.06. The van der Waals surface area contributed by atoms with Crippen molar-refractivity contribution in [2.45, 2.75) is 12.8 Å². The molecule has 5 rings (SSSR count). The molecule has 2 fully saturated rings. The van der Waals surface area contributed by atoms with Gasteiger partial charge in [-0.2, -0.15) is 0 Å². The zero-order valence-electron chi connectivity index (χ0n) is 14.5. The maximum absolute atomic E-state index is 12.5. The molecular weight excluding hydrogens is 346 g/mol. The monoisotopic (exact) mass is 365 g/mol. The third-order valence-electron chi connectivity index (χ3n) is 5.47. The lowest BCUT2D eigenvalue weighted by molar-refractivity contribution is -0.137. The minimum atomic E-state index is 0.0446. The van der Waals surface area contributed by atoms with E-state index in [2.05, 4.69) is 32.2 Å². The summed E-state index contributed by atoms with van der Waals surface area (Å²) in [6.45, 7) is 2.23. The van der Waals surface area contributed by atoms with Crippen LogP contribution < -0.4 is 5.32 Å². The number of carbonyl (C=O) groups excluding carboxylic acids is 1. The largest absolute Gasteiger partial charge is 0.305 e. The second-order valence-corrected chi connectivity index (χ2v) is 8.49. The first-order valence-electron chi connectivity index (χ1n) is 8.75. The predicted octanol–water partition coefficient (Wildman–Crippen LogP) is 3.03. The van der Waals surface area contributed by atoms with Gasteiger partial charge in [-0.1, -0.05) is 12.1 Å². The van der Waals surface area contributed by atoms with Crippen molar-refractivity contribution in [2.75, 3.05) is 25.5 Å². The zero-order valence-corrected chi connectivity index (χ0v) is 15.3. The molecule has 26 heavy (non-hydrogen) atoms. The van der Waals surface area contributed by atoms with Crippen molar-refractivity contribution in [2.24, 2.45) is 11.3 Å². The second kappa shape index (κ2) is 5.82. The zero-order chi connectivity index (χ0) is 17.7. The van der Waals surface area contributed by atoms with Crippen LogP contribution in [0.25, 0.3) is 21.3 Å². The van der Waals surface area contributed by atoms with Gasteiger partial charge in [0.1, 0.15) is 0 Å². The molecule has 1 spiro atoms. The van der Waals surface area contributed by atoms with Gasteiger partial charge in [0.05, 0.1) is 15.9 Å². The SMILES string of the molecule is CN1CC2(CC(C(=O)Nc3ncc4ccc(-c5cncs5)cc4n3)C2)C1. The number of nitrogens with zero attached hydrogens (tertiary/aromatic N) is 4. The normalized spacial score (nSPS) is 19.3. The quantitative estimate of drug-likeness (QED) is 0.772. The number of fused-ring (bicyclic) bond motifs is 1. The number of amides is 1. The first kappa shape index (κ1) is 15.8. The number of thiazole rings is 1. The fourth-order valence-electron chi connectivity index (χ4n) is 4.34. The van der Waals surface area contributed by atoms with Gasteiger partial charge in [-0.15, -0.1) is 11.3 Å². The van der Waals surface area contributed by atoms with Crippen molar-refractivity contribution in [1.29, 1.82) is 0 Å². The van der Waals surface area contributed by atoms with E-state index in [0.717, 1.165) is 47.3 Å². The van der Waals surface area contributed by atoms with Crippen LogP contribution in [0.5, 0.6) is 0 Å². The average molecular weight is 365 g/mol. The van der Waals surface area contributed by atoms with Gasteiger partial charge in [0.15, 0.2) is 0 Å². The number of anilines is 1. The number of aromatic nitrogens is 3. The van der Waals surface area contributed by atoms with E-state index >= 15 is 0 Å². The first-order chi connectivity index (χ1) is 12.6. The molecule has 132 valence electrons. The standard InChI is InChI=1S/C19H19N5OS/c1-24-9-19(10-24)5-14(6-19)17(25)23-18-21-7-13-3-2-12(4-15(13)22-18)16-8-20-11-26-16/h2-4,7-8,11,14H,5-6,9-10H2,1H3,(H,21,22,23,25). The van der Waals surface area contributed by atoms with E-state index in [4.69, 9.17) is 0 Å². The molecule has 0 unspecified atom stereocenters. The highest BCUT2D eigenvalue weighted by atomic mass is 32.1. The molecule has 2 aromatic heterocycles. The van der Waals surface area contributed by atoms with E-state index < -0.39 is 0 Å². The van der Waals surface area contributed by atoms with Gasteiger partial charge in [-0.3, -0.25) is 15.1 Å². The highest BCUT2D eigenvalue weighted by molar-refractivity contribution is 7.13. The van der Waals surface area contributed by atoms with Crippen LogP contribution in [0.2, 0.25) is 0 Å². The maximum atomic E-state index is 12.5. The number of likely N-dealkylation sites (tertiary alicyclic amines) is 1. The van der Waals surface area contributed by atoms with Crippen molar-refractivity contribution in [3.05, 3.63) is 36.1 Å². The molecule has 1 aliphatic heterocycles. The number of benzene rings is 1. The van der Waals surface area contributed by atoms with Crippen LogP contribution in [-0.2, 0) is 4.79 Å². The van der Waals surface area contributed by atoms with Gasteiger partial charge in [-0.25, -0.2) is 9.97 Å². The van der Waals surface area contributed by atoms with Crippen LogP contribution in [0.15, 0.2) is 36.1 Å². The minimum Gasteiger partial charge on any atom is -0.305 e. The van der Waals surface area contributed by atoms with Crippen LogP contribution in [0.4, 0.5) is 5.95 Å². The molecule has 0 atom stereocenters. The van der Waals surface area contributed by atoms with Gasteiger partial charge in [0, 0.05) is 36.8 Å². The second-order valence-electron chi connectivity index (χ2n) is 7.60. The topological polar surface area (TPSA) is 71.0 Å². The van der Waals surface area contributed by atoms with Crippen LogP contribution in [0.1, 0.15) is 12.8 Å². The fourth-order valence-corrected chi connectivity index (χ4v) is 4.96. The molecule has 7 heteroatoms. The van der Waals surface area contributed by atoms with Gasteiger partial charge >= 0.3 is 0 Å². The van der Waals surface area contributed by atoms with Crippen LogP contribution in [0.3, 0.4) is 0 Å². The van der Waals surface area contributed by atoms with E-state index in [0.29, 0.717) is 11.4 Å². The molecule has 1 aromatic carbocycles. The minimum absolute atomic E-state index is 0.0446. The summed E-state index contributed by atoms with van der Waals surface area (Å²) in [5.41, 5.74) is 4.11. The molecular formula is C19H19N5OS. The Morgan fingerprint density at radius 2 is 2.15 bits per heavy atom. The van der Waals surface area contributed by atoms with Gasteiger partial charge in [-0.05, 0) is 36.9 Å². The van der Waals surface area contributed by atoms with Crippen molar-refractivity contribution in [3.63, 3.8) is 0 Å².